The molecule has 1 saturated heterocycles. The number of amides is 1. The van der Waals surface area contributed by atoms with Crippen LogP contribution in [0.25, 0.3) is 0 Å². The molecular weight excluding hydrogens is 320 g/mol. The minimum Gasteiger partial charge on any atom is -0.384 e. The zero-order chi connectivity index (χ0) is 15.1. The van der Waals surface area contributed by atoms with Crippen LogP contribution in [0.2, 0.25) is 0 Å². The van der Waals surface area contributed by atoms with Crippen LogP contribution in [0.15, 0.2) is 0 Å². The second-order valence-electron chi connectivity index (χ2n) is 6.38. The molecule has 0 aromatic rings. The van der Waals surface area contributed by atoms with Crippen molar-refractivity contribution in [3.05, 3.63) is 0 Å². The van der Waals surface area contributed by atoms with Crippen LogP contribution in [0.4, 0.5) is 0 Å². The van der Waals surface area contributed by atoms with E-state index in [0.717, 1.165) is 44.0 Å². The van der Waals surface area contributed by atoms with E-state index in [4.69, 9.17) is 4.74 Å². The van der Waals surface area contributed by atoms with Gasteiger partial charge in [-0.1, -0.05) is 13.3 Å². The molecule has 0 aromatic heterocycles. The molecule has 2 unspecified atom stereocenters. The molecule has 2 rings (SSSR count). The highest BCUT2D eigenvalue weighted by molar-refractivity contribution is 7.99. The lowest BCUT2D eigenvalue weighted by atomic mass is 9.78. The Morgan fingerprint density at radius 3 is 2.73 bits per heavy atom. The SMILES string of the molecule is CCSC1CCCC(NC(=O)C2(COC)CCNCC2)C1.Cl. The highest BCUT2D eigenvalue weighted by Gasteiger charge is 2.40. The molecule has 130 valence electrons. The third-order valence-corrected chi connectivity index (χ3v) is 6.06. The molecule has 0 aromatic carbocycles. The molecule has 2 aliphatic rings. The third kappa shape index (κ3) is 5.29. The molecule has 1 aliphatic carbocycles. The van der Waals surface area contributed by atoms with Crippen molar-refractivity contribution in [3.63, 3.8) is 0 Å². The predicted octanol–water partition coefficient (Wildman–Crippen LogP) is 2.60. The fourth-order valence-electron chi connectivity index (χ4n) is 3.62. The molecule has 22 heavy (non-hydrogen) atoms. The number of thioether (sulfide) groups is 1. The normalized spacial score (nSPS) is 27.7. The van der Waals surface area contributed by atoms with Crippen LogP contribution in [0.1, 0.15) is 45.4 Å². The summed E-state index contributed by atoms with van der Waals surface area (Å²) in [4.78, 5) is 12.8. The van der Waals surface area contributed by atoms with E-state index in [1.807, 2.05) is 11.8 Å². The Kier molecular flexibility index (Phi) is 9.14. The first-order chi connectivity index (χ1) is 10.2. The molecule has 1 amide bonds. The summed E-state index contributed by atoms with van der Waals surface area (Å²) in [5.41, 5.74) is -0.315. The predicted molar refractivity (Wildman–Crippen MR) is 96.0 cm³/mol. The van der Waals surface area contributed by atoms with E-state index in [1.54, 1.807) is 7.11 Å². The average Bonchev–Trinajstić information content (AvgIpc) is 2.49. The number of piperidine rings is 1. The summed E-state index contributed by atoms with van der Waals surface area (Å²) >= 11 is 2.04. The Hall–Kier alpha value is 0.0300. The lowest BCUT2D eigenvalue weighted by Crippen LogP contribution is -2.53. The van der Waals surface area contributed by atoms with Crippen LogP contribution in [0.3, 0.4) is 0 Å². The van der Waals surface area contributed by atoms with E-state index >= 15 is 0 Å². The second-order valence-corrected chi connectivity index (χ2v) is 7.96. The van der Waals surface area contributed by atoms with Crippen molar-refractivity contribution in [1.29, 1.82) is 0 Å². The number of rotatable bonds is 6. The van der Waals surface area contributed by atoms with Gasteiger partial charge in [-0.15, -0.1) is 12.4 Å². The van der Waals surface area contributed by atoms with E-state index in [-0.39, 0.29) is 23.7 Å². The second kappa shape index (κ2) is 10.0. The van der Waals surface area contributed by atoms with Crippen LogP contribution in [0, 0.1) is 5.41 Å². The molecule has 0 radical (unpaired) electrons. The standard InChI is InChI=1S/C16H30N2O2S.ClH/c1-3-21-14-6-4-5-13(11-14)18-15(19)16(12-20-2)7-9-17-10-8-16;/h13-14,17H,3-12H2,1-2H3,(H,18,19);1H. The van der Waals surface area contributed by atoms with E-state index in [2.05, 4.69) is 17.6 Å². The van der Waals surface area contributed by atoms with E-state index in [9.17, 15) is 4.79 Å². The summed E-state index contributed by atoms with van der Waals surface area (Å²) < 4.78 is 5.36. The molecule has 1 aliphatic heterocycles. The lowest BCUT2D eigenvalue weighted by molar-refractivity contribution is -0.137. The number of nitrogens with one attached hydrogen (secondary N) is 2. The van der Waals surface area contributed by atoms with Gasteiger partial charge in [0.05, 0.1) is 12.0 Å². The minimum atomic E-state index is -0.315. The first-order valence-corrected chi connectivity index (χ1v) is 9.37. The quantitative estimate of drug-likeness (QED) is 0.773. The van der Waals surface area contributed by atoms with Gasteiger partial charge in [0, 0.05) is 18.4 Å². The molecular formula is C16H31ClN2O2S. The number of hydrogen-bond acceptors (Lipinski definition) is 4. The van der Waals surface area contributed by atoms with Gasteiger partial charge in [0.25, 0.3) is 0 Å². The fraction of sp³-hybridized carbons (Fsp3) is 0.938. The molecule has 6 heteroatoms. The third-order valence-electron chi connectivity index (χ3n) is 4.83. The maximum absolute atomic E-state index is 12.8. The van der Waals surface area contributed by atoms with Gasteiger partial charge < -0.3 is 15.4 Å². The average molecular weight is 351 g/mol. The highest BCUT2D eigenvalue weighted by Crippen LogP contribution is 2.32. The molecule has 0 bridgehead atoms. The minimum absolute atomic E-state index is 0. The van der Waals surface area contributed by atoms with Gasteiger partial charge in [0.1, 0.15) is 0 Å². The van der Waals surface area contributed by atoms with Crippen molar-refractivity contribution in [3.8, 4) is 0 Å². The molecule has 1 heterocycles. The van der Waals surface area contributed by atoms with Crippen LogP contribution in [0.5, 0.6) is 0 Å². The van der Waals surface area contributed by atoms with Gasteiger partial charge in [0.2, 0.25) is 5.91 Å². The summed E-state index contributed by atoms with van der Waals surface area (Å²) in [5, 5.41) is 7.41. The first-order valence-electron chi connectivity index (χ1n) is 8.32. The number of carbonyl (C=O) groups excluding carboxylic acids is 1. The van der Waals surface area contributed by atoms with Gasteiger partial charge in [-0.05, 0) is 50.9 Å². The summed E-state index contributed by atoms with van der Waals surface area (Å²) in [6, 6.07) is 0.360. The van der Waals surface area contributed by atoms with Gasteiger partial charge in [-0.25, -0.2) is 0 Å². The van der Waals surface area contributed by atoms with Crippen molar-refractivity contribution in [2.24, 2.45) is 5.41 Å². The van der Waals surface area contributed by atoms with Gasteiger partial charge in [0.15, 0.2) is 0 Å². The molecule has 1 saturated carbocycles. The molecule has 0 spiro atoms. The van der Waals surface area contributed by atoms with Gasteiger partial charge >= 0.3 is 0 Å². The molecule has 4 nitrogen and oxygen atoms in total. The van der Waals surface area contributed by atoms with Crippen molar-refractivity contribution in [1.82, 2.24) is 10.6 Å². The lowest BCUT2D eigenvalue weighted by Gasteiger charge is -2.38. The van der Waals surface area contributed by atoms with Crippen molar-refractivity contribution < 1.29 is 9.53 Å². The Balaban J connectivity index is 0.00000242. The maximum Gasteiger partial charge on any atom is 0.228 e. The van der Waals surface area contributed by atoms with Crippen LogP contribution in [-0.4, -0.2) is 49.8 Å². The largest absolute Gasteiger partial charge is 0.384 e. The fourth-order valence-corrected chi connectivity index (χ4v) is 4.79. The number of hydrogen-bond donors (Lipinski definition) is 2. The van der Waals surface area contributed by atoms with Crippen LogP contribution in [-0.2, 0) is 9.53 Å². The highest BCUT2D eigenvalue weighted by atomic mass is 35.5. The summed E-state index contributed by atoms with van der Waals surface area (Å²) in [6.07, 6.45) is 6.57. The van der Waals surface area contributed by atoms with Crippen molar-refractivity contribution in [2.45, 2.75) is 56.7 Å². The Morgan fingerprint density at radius 2 is 2.09 bits per heavy atom. The maximum atomic E-state index is 12.8. The van der Waals surface area contributed by atoms with Crippen molar-refractivity contribution >= 4 is 30.1 Å². The topological polar surface area (TPSA) is 50.4 Å². The number of halogens is 1. The Labute approximate surface area is 145 Å². The molecule has 2 fully saturated rings. The number of ether oxygens (including phenoxy) is 1. The zero-order valence-corrected chi connectivity index (χ0v) is 15.5. The van der Waals surface area contributed by atoms with Crippen LogP contribution >= 0.6 is 24.2 Å². The monoisotopic (exact) mass is 350 g/mol. The van der Waals surface area contributed by atoms with E-state index < -0.39 is 0 Å². The molecule has 2 atom stereocenters. The zero-order valence-electron chi connectivity index (χ0n) is 13.9. The van der Waals surface area contributed by atoms with Crippen molar-refractivity contribution in [2.75, 3.05) is 32.6 Å². The Morgan fingerprint density at radius 1 is 1.36 bits per heavy atom. The van der Waals surface area contributed by atoms with E-state index in [0.29, 0.717) is 12.6 Å². The smallest absolute Gasteiger partial charge is 0.228 e. The van der Waals surface area contributed by atoms with Gasteiger partial charge in [-0.3, -0.25) is 4.79 Å². The summed E-state index contributed by atoms with van der Waals surface area (Å²) in [7, 11) is 1.70. The van der Waals surface area contributed by atoms with E-state index in [1.165, 1.54) is 18.6 Å². The number of carbonyl (C=O) groups is 1. The summed E-state index contributed by atoms with van der Waals surface area (Å²) in [6.45, 7) is 4.58. The first kappa shape index (κ1) is 20.1. The molecule has 2 N–H and O–H groups in total. The van der Waals surface area contributed by atoms with Gasteiger partial charge in [-0.2, -0.15) is 11.8 Å². The van der Waals surface area contributed by atoms with Crippen LogP contribution < -0.4 is 10.6 Å². The summed E-state index contributed by atoms with van der Waals surface area (Å²) in [5.74, 6) is 1.39. The Bertz CT molecular complexity index is 331. The number of methoxy groups -OCH3 is 1.